The number of nitrogens with zero attached hydrogens (tertiary/aromatic N) is 3. The van der Waals surface area contributed by atoms with Gasteiger partial charge in [0.25, 0.3) is 0 Å². The van der Waals surface area contributed by atoms with Crippen molar-refractivity contribution in [2.75, 3.05) is 60.4 Å². The molecule has 2 spiro atoms. The van der Waals surface area contributed by atoms with Crippen LogP contribution in [0.2, 0.25) is 0 Å². The fraction of sp³-hybridized carbons (Fsp3) is 0.905. The molecule has 0 aromatic rings. The Morgan fingerprint density at radius 3 is 1.71 bits per heavy atom. The largest absolute Gasteiger partial charge is 0.456 e. The molecule has 9 aliphatic rings. The van der Waals surface area contributed by atoms with E-state index in [0.29, 0.717) is 84.0 Å². The zero-order valence-electron chi connectivity index (χ0n) is 35.9. The van der Waals surface area contributed by atoms with Gasteiger partial charge in [0, 0.05) is 43.7 Å². The van der Waals surface area contributed by atoms with Crippen molar-refractivity contribution in [3.05, 3.63) is 22.7 Å². The number of rotatable bonds is 15. The molecule has 1 saturated carbocycles. The number of likely N-dealkylation sites (N-methyl/N-ethyl adjacent to an activating group) is 2. The minimum Gasteiger partial charge on any atom is -0.456 e. The first-order valence-corrected chi connectivity index (χ1v) is 21.7. The molecule has 8 aliphatic heterocycles. The highest BCUT2D eigenvalue weighted by Crippen LogP contribution is 2.62. The molecule has 17 heteroatoms. The van der Waals surface area contributed by atoms with Gasteiger partial charge in [-0.15, -0.1) is 0 Å². The summed E-state index contributed by atoms with van der Waals surface area (Å²) in [7, 11) is 5.61. The van der Waals surface area contributed by atoms with Gasteiger partial charge in [-0.05, 0) is 129 Å². The van der Waals surface area contributed by atoms with Gasteiger partial charge in [-0.2, -0.15) is 26.3 Å². The van der Waals surface area contributed by atoms with Gasteiger partial charge in [-0.25, -0.2) is 19.6 Å². The summed E-state index contributed by atoms with van der Waals surface area (Å²) in [5.74, 6) is -5.55. The van der Waals surface area contributed by atoms with E-state index < -0.39 is 71.1 Å². The highest BCUT2D eigenvalue weighted by molar-refractivity contribution is 5.30. The summed E-state index contributed by atoms with van der Waals surface area (Å²) in [5, 5.41) is 0. The number of ether oxygens (including phenoxy) is 4. The molecule has 7 fully saturated rings. The minimum atomic E-state index is -4.71. The smallest absolute Gasteiger partial charge is 0.449 e. The Hall–Kier alpha value is -1.70. The second-order valence-electron chi connectivity index (χ2n) is 19.0. The molecule has 0 aromatic heterocycles. The molecule has 0 aromatic carbocycles. The maximum Gasteiger partial charge on any atom is 0.449 e. The van der Waals surface area contributed by atoms with Crippen LogP contribution in [0.15, 0.2) is 22.7 Å². The van der Waals surface area contributed by atoms with Crippen molar-refractivity contribution in [3.8, 4) is 0 Å². The predicted octanol–water partition coefficient (Wildman–Crippen LogP) is 8.47. The van der Waals surface area contributed by atoms with Crippen molar-refractivity contribution >= 4 is 0 Å². The highest BCUT2D eigenvalue weighted by atomic mass is 19.4. The van der Waals surface area contributed by atoms with Crippen LogP contribution < -0.4 is 0 Å². The number of hydrogen-bond donors (Lipinski definition) is 0. The topological polar surface area (TPSA) is 83.6 Å². The van der Waals surface area contributed by atoms with Gasteiger partial charge in [-0.1, -0.05) is 33.6 Å². The van der Waals surface area contributed by atoms with E-state index in [0.717, 1.165) is 12.8 Å². The Labute approximate surface area is 344 Å². The van der Waals surface area contributed by atoms with Gasteiger partial charge in [0.15, 0.2) is 11.2 Å². The Bertz CT molecular complexity index is 1580. The quantitative estimate of drug-likeness (QED) is 0.118. The summed E-state index contributed by atoms with van der Waals surface area (Å²) in [4.78, 5) is 29.7. The average molecular weight is 854 g/mol. The molecular formula is C42H65F6N3O8. The van der Waals surface area contributed by atoms with Crippen LogP contribution in [-0.2, 0) is 38.5 Å². The van der Waals surface area contributed by atoms with Crippen LogP contribution >= 0.6 is 0 Å². The van der Waals surface area contributed by atoms with Crippen LogP contribution in [0.3, 0.4) is 0 Å². The molecule has 6 saturated heterocycles. The fourth-order valence-electron chi connectivity index (χ4n) is 11.2. The lowest BCUT2D eigenvalue weighted by Gasteiger charge is -2.57. The van der Waals surface area contributed by atoms with Crippen molar-refractivity contribution in [3.63, 3.8) is 0 Å². The van der Waals surface area contributed by atoms with Gasteiger partial charge in [0.1, 0.15) is 0 Å². The first-order valence-electron chi connectivity index (χ1n) is 21.7. The molecule has 9 rings (SSSR count). The summed E-state index contributed by atoms with van der Waals surface area (Å²) in [6, 6.07) is 0. The lowest BCUT2D eigenvalue weighted by atomic mass is 9.59. The van der Waals surface area contributed by atoms with E-state index in [1.165, 1.54) is 0 Å². The third kappa shape index (κ3) is 8.55. The van der Waals surface area contributed by atoms with E-state index in [1.807, 2.05) is 44.8 Å². The van der Waals surface area contributed by atoms with Crippen LogP contribution in [0.25, 0.3) is 0 Å². The summed E-state index contributed by atoms with van der Waals surface area (Å²) >= 11 is 0. The fourth-order valence-corrected chi connectivity index (χ4v) is 11.2. The third-order valence-electron chi connectivity index (χ3n) is 14.4. The highest BCUT2D eigenvalue weighted by Gasteiger charge is 2.71. The van der Waals surface area contributed by atoms with Crippen LogP contribution in [0, 0.1) is 29.6 Å². The molecule has 0 radical (unpaired) electrons. The molecule has 0 amide bonds. The van der Waals surface area contributed by atoms with Crippen LogP contribution in [-0.4, -0.2) is 123 Å². The van der Waals surface area contributed by atoms with Gasteiger partial charge in [-0.3, -0.25) is 0 Å². The average Bonchev–Trinajstić information content (AvgIpc) is 3.50. The first-order chi connectivity index (χ1) is 27.7. The zero-order valence-corrected chi connectivity index (χ0v) is 35.9. The molecule has 0 N–H and O–H groups in total. The third-order valence-corrected chi connectivity index (χ3v) is 14.4. The van der Waals surface area contributed by atoms with Crippen molar-refractivity contribution in [1.29, 1.82) is 0 Å². The van der Waals surface area contributed by atoms with Crippen molar-refractivity contribution in [2.24, 2.45) is 29.6 Å². The second-order valence-corrected chi connectivity index (χ2v) is 19.0. The van der Waals surface area contributed by atoms with E-state index in [9.17, 15) is 26.3 Å². The predicted molar refractivity (Wildman–Crippen MR) is 202 cm³/mol. The standard InChI is InChI=1S/C42H65F6N3O8/c1-9-10-13-31-28(33(41(43,44)45)52-35-39(31)27(3)16-18-37(4,54-35)56-58-39)24-50(7)22-11-20-49(6)21-12-23-51(8)25-29-32-15-14-26(2)30-17-19-38(5)55-36(40(30,32)59-57-38)53-34(29)42(46,47)48/h26-27,30-32,35-36H,9-25H2,1-8H3/t26-,27?,30?,31+,32+,35-,36-,37+,38+,39-,40-/m1/s1. The van der Waals surface area contributed by atoms with Crippen LogP contribution in [0.4, 0.5) is 26.3 Å². The van der Waals surface area contributed by atoms with Crippen molar-refractivity contribution in [2.45, 2.75) is 153 Å². The van der Waals surface area contributed by atoms with E-state index in [2.05, 4.69) is 11.8 Å². The molecule has 11 nitrogen and oxygen atoms in total. The Morgan fingerprint density at radius 2 is 1.14 bits per heavy atom. The molecule has 59 heavy (non-hydrogen) atoms. The van der Waals surface area contributed by atoms with Crippen LogP contribution in [0.5, 0.6) is 0 Å². The molecule has 8 heterocycles. The Kier molecular flexibility index (Phi) is 12.9. The number of alkyl halides is 6. The molecule has 1 aliphatic carbocycles. The van der Waals surface area contributed by atoms with E-state index in [1.54, 1.807) is 13.8 Å². The number of hydrogen-bond acceptors (Lipinski definition) is 11. The van der Waals surface area contributed by atoms with E-state index >= 15 is 0 Å². The van der Waals surface area contributed by atoms with Crippen molar-refractivity contribution < 1.29 is 64.8 Å². The molecule has 4 bridgehead atoms. The van der Waals surface area contributed by atoms with Crippen LogP contribution in [0.1, 0.15) is 105 Å². The second kappa shape index (κ2) is 16.8. The van der Waals surface area contributed by atoms with Gasteiger partial charge in [0.05, 0.1) is 0 Å². The number of unbranched alkanes of at least 4 members (excludes halogenated alkanes) is 1. The van der Waals surface area contributed by atoms with Gasteiger partial charge >= 0.3 is 12.4 Å². The molecule has 11 atom stereocenters. The normalized spacial score (nSPS) is 39.6. The summed E-state index contributed by atoms with van der Waals surface area (Å²) in [5.41, 5.74) is -2.01. The molecule has 2 unspecified atom stereocenters. The summed E-state index contributed by atoms with van der Waals surface area (Å²) < 4.78 is 112. The zero-order chi connectivity index (χ0) is 42.8. The van der Waals surface area contributed by atoms with Gasteiger partial charge < -0.3 is 33.6 Å². The minimum absolute atomic E-state index is 0.0460. The monoisotopic (exact) mass is 853 g/mol. The SMILES string of the molecule is CCCC[C@H]1C(CN(C)CCCN(C)CCCN(C)CC2=C(C(F)(F)F)O[C@@H]3O[C@]4(C)CCC5[C@H](C)CC[C@@H]2[C@]53OO4)=C(C(F)(F)F)O[C@@H]2O[C@]3(C)CCC(C)[C@]21OO3. The van der Waals surface area contributed by atoms with E-state index in [-0.39, 0.29) is 42.0 Å². The van der Waals surface area contributed by atoms with Gasteiger partial charge in [0.2, 0.25) is 35.7 Å². The lowest BCUT2D eigenvalue weighted by molar-refractivity contribution is -0.557. The van der Waals surface area contributed by atoms with Crippen molar-refractivity contribution in [1.82, 2.24) is 14.7 Å². The number of fused-ring (bicyclic) bond motifs is 5. The summed E-state index contributed by atoms with van der Waals surface area (Å²) in [6.07, 6.45) is -4.86. The Morgan fingerprint density at radius 1 is 0.627 bits per heavy atom. The number of allylic oxidation sites excluding steroid dienone is 2. The molecular weight excluding hydrogens is 788 g/mol. The van der Waals surface area contributed by atoms with E-state index in [4.69, 9.17) is 38.5 Å². The maximum atomic E-state index is 14.8. The summed E-state index contributed by atoms with van der Waals surface area (Å²) in [6.45, 7) is 12.0. The lowest BCUT2D eigenvalue weighted by Crippen LogP contribution is -2.67. The Balaban J connectivity index is 0.953. The maximum absolute atomic E-state index is 14.8. The first kappa shape index (κ1) is 45.3. The number of halogens is 6. The molecule has 338 valence electrons.